The van der Waals surface area contributed by atoms with Crippen molar-refractivity contribution >= 4 is 15.9 Å². The second-order valence-corrected chi connectivity index (χ2v) is 10.2. The van der Waals surface area contributed by atoms with Crippen LogP contribution in [-0.4, -0.2) is 46.9 Å². The number of alkyl halides is 1. The molecule has 3 aromatic rings. The SMILES string of the molecule is C[C@H]1[C@H](F)C[C@@H](C(=O)NCc2cc(OCc3ccc(F)cn3)c(F)cn2)N1S(=O)(=O)c1ccc(F)cc1. The summed E-state index contributed by atoms with van der Waals surface area (Å²) in [4.78, 5) is 20.4. The van der Waals surface area contributed by atoms with Gasteiger partial charge in [0.15, 0.2) is 11.6 Å². The summed E-state index contributed by atoms with van der Waals surface area (Å²) in [6, 6.07) is 5.32. The number of benzene rings is 1. The molecule has 196 valence electrons. The monoisotopic (exact) mass is 538 g/mol. The minimum absolute atomic E-state index is 0.152. The average molecular weight is 539 g/mol. The topological polar surface area (TPSA) is 101 Å². The maximum Gasteiger partial charge on any atom is 0.244 e. The van der Waals surface area contributed by atoms with Crippen LogP contribution in [0, 0.1) is 17.5 Å². The molecule has 4 rings (SSSR count). The molecule has 8 nitrogen and oxygen atoms in total. The van der Waals surface area contributed by atoms with Crippen molar-refractivity contribution in [3.63, 3.8) is 0 Å². The summed E-state index contributed by atoms with van der Waals surface area (Å²) < 4.78 is 87.4. The molecule has 0 bridgehead atoms. The van der Waals surface area contributed by atoms with Gasteiger partial charge in [0, 0.05) is 12.5 Å². The van der Waals surface area contributed by atoms with E-state index >= 15 is 0 Å². The Hall–Kier alpha value is -3.58. The number of halogens is 4. The number of nitrogens with one attached hydrogen (secondary N) is 1. The van der Waals surface area contributed by atoms with E-state index in [-0.39, 0.29) is 35.9 Å². The normalized spacial score (nSPS) is 20.1. The van der Waals surface area contributed by atoms with Gasteiger partial charge in [0.05, 0.1) is 41.3 Å². The Kier molecular flexibility index (Phi) is 7.73. The Balaban J connectivity index is 1.45. The summed E-state index contributed by atoms with van der Waals surface area (Å²) in [6.45, 7) is 0.970. The van der Waals surface area contributed by atoms with Crippen LogP contribution in [0.2, 0.25) is 0 Å². The Morgan fingerprint density at radius 1 is 1.05 bits per heavy atom. The molecule has 0 spiro atoms. The van der Waals surface area contributed by atoms with Gasteiger partial charge in [0.25, 0.3) is 0 Å². The van der Waals surface area contributed by atoms with Gasteiger partial charge < -0.3 is 10.1 Å². The Morgan fingerprint density at radius 3 is 2.41 bits per heavy atom. The second kappa shape index (κ2) is 10.8. The van der Waals surface area contributed by atoms with Crippen molar-refractivity contribution in [3.05, 3.63) is 83.7 Å². The van der Waals surface area contributed by atoms with Crippen molar-refractivity contribution in [2.75, 3.05) is 0 Å². The molecule has 0 unspecified atom stereocenters. The van der Waals surface area contributed by atoms with Crippen molar-refractivity contribution in [2.45, 2.75) is 49.6 Å². The molecule has 0 radical (unpaired) electrons. The van der Waals surface area contributed by atoms with Gasteiger partial charge in [-0.15, -0.1) is 0 Å². The molecule has 1 fully saturated rings. The third-order valence-corrected chi connectivity index (χ3v) is 7.87. The van der Waals surface area contributed by atoms with E-state index in [4.69, 9.17) is 4.74 Å². The van der Waals surface area contributed by atoms with Gasteiger partial charge in [-0.05, 0) is 43.3 Å². The molecular weight excluding hydrogens is 516 g/mol. The number of ether oxygens (including phenoxy) is 1. The molecule has 1 amide bonds. The van der Waals surface area contributed by atoms with Crippen LogP contribution in [0.3, 0.4) is 0 Å². The van der Waals surface area contributed by atoms with Gasteiger partial charge in [-0.1, -0.05) is 0 Å². The maximum atomic E-state index is 14.6. The molecule has 1 N–H and O–H groups in total. The van der Waals surface area contributed by atoms with E-state index in [1.165, 1.54) is 25.1 Å². The summed E-state index contributed by atoms with van der Waals surface area (Å²) in [5.74, 6) is -2.92. The quantitative estimate of drug-likeness (QED) is 0.442. The second-order valence-electron chi connectivity index (χ2n) is 8.38. The van der Waals surface area contributed by atoms with Gasteiger partial charge in [-0.2, -0.15) is 4.31 Å². The molecule has 2 aromatic heterocycles. The van der Waals surface area contributed by atoms with Crippen molar-refractivity contribution in [2.24, 2.45) is 0 Å². The van der Waals surface area contributed by atoms with Gasteiger partial charge in [-0.25, -0.2) is 26.0 Å². The van der Waals surface area contributed by atoms with Crippen LogP contribution < -0.4 is 10.1 Å². The molecule has 13 heteroatoms. The number of hydrogen-bond acceptors (Lipinski definition) is 6. The first-order valence-electron chi connectivity index (χ1n) is 11.1. The number of hydrogen-bond donors (Lipinski definition) is 1. The third kappa shape index (κ3) is 5.88. The molecule has 1 aliphatic heterocycles. The lowest BCUT2D eigenvalue weighted by Crippen LogP contribution is -2.48. The largest absolute Gasteiger partial charge is 0.484 e. The number of carbonyl (C=O) groups is 1. The maximum absolute atomic E-state index is 14.6. The summed E-state index contributed by atoms with van der Waals surface area (Å²) in [6.07, 6.45) is -0.0952. The number of pyridine rings is 2. The number of sulfonamides is 1. The third-order valence-electron chi connectivity index (χ3n) is 5.86. The molecule has 1 aliphatic rings. The zero-order valence-electron chi connectivity index (χ0n) is 19.4. The summed E-state index contributed by atoms with van der Waals surface area (Å²) >= 11 is 0. The summed E-state index contributed by atoms with van der Waals surface area (Å²) in [7, 11) is -4.31. The highest BCUT2D eigenvalue weighted by Gasteiger charge is 2.49. The number of amides is 1. The van der Waals surface area contributed by atoms with E-state index in [2.05, 4.69) is 15.3 Å². The molecule has 3 atom stereocenters. The fraction of sp³-hybridized carbons (Fsp3) is 0.292. The predicted octanol–water partition coefficient (Wildman–Crippen LogP) is 3.28. The van der Waals surface area contributed by atoms with E-state index in [0.29, 0.717) is 5.69 Å². The van der Waals surface area contributed by atoms with Gasteiger partial charge in [0.2, 0.25) is 15.9 Å². The Bertz CT molecular complexity index is 1370. The van der Waals surface area contributed by atoms with E-state index in [9.17, 15) is 30.8 Å². The molecule has 3 heterocycles. The van der Waals surface area contributed by atoms with Crippen LogP contribution in [0.4, 0.5) is 17.6 Å². The summed E-state index contributed by atoms with van der Waals surface area (Å²) in [5, 5.41) is 2.51. The smallest absolute Gasteiger partial charge is 0.244 e. The van der Waals surface area contributed by atoms with Crippen LogP contribution in [0.5, 0.6) is 5.75 Å². The first-order chi connectivity index (χ1) is 17.6. The van der Waals surface area contributed by atoms with Gasteiger partial charge >= 0.3 is 0 Å². The molecular formula is C24H22F4N4O4S. The Labute approximate surface area is 210 Å². The molecule has 1 aromatic carbocycles. The Morgan fingerprint density at radius 2 is 1.73 bits per heavy atom. The average Bonchev–Trinajstić information content (AvgIpc) is 3.18. The predicted molar refractivity (Wildman–Crippen MR) is 123 cm³/mol. The van der Waals surface area contributed by atoms with Gasteiger partial charge in [-0.3, -0.25) is 14.8 Å². The lowest BCUT2D eigenvalue weighted by Gasteiger charge is -2.26. The lowest BCUT2D eigenvalue weighted by atomic mass is 10.1. The highest BCUT2D eigenvalue weighted by Crippen LogP contribution is 2.33. The van der Waals surface area contributed by atoms with Crippen LogP contribution >= 0.6 is 0 Å². The minimum Gasteiger partial charge on any atom is -0.484 e. The standard InChI is InChI=1S/C24H22F4N4O4S/c1-14-20(27)9-22(32(14)37(34,35)19-6-3-15(25)4-7-19)24(33)31-11-18-8-23(21(28)12-30-18)36-13-17-5-2-16(26)10-29-17/h2-8,10,12,14,20,22H,9,11,13H2,1H3,(H,31,33)/t14-,20+,22-/m0/s1. The number of nitrogens with zero attached hydrogens (tertiary/aromatic N) is 3. The zero-order valence-corrected chi connectivity index (χ0v) is 20.3. The van der Waals surface area contributed by atoms with E-state index in [0.717, 1.165) is 41.0 Å². The lowest BCUT2D eigenvalue weighted by molar-refractivity contribution is -0.124. The van der Waals surface area contributed by atoms with E-state index in [1.54, 1.807) is 0 Å². The fourth-order valence-electron chi connectivity index (χ4n) is 3.90. The van der Waals surface area contributed by atoms with Crippen LogP contribution in [0.1, 0.15) is 24.7 Å². The number of carbonyl (C=O) groups excluding carboxylic acids is 1. The van der Waals surface area contributed by atoms with Crippen molar-refractivity contribution in [3.8, 4) is 5.75 Å². The van der Waals surface area contributed by atoms with Gasteiger partial charge in [0.1, 0.15) is 30.5 Å². The minimum atomic E-state index is -4.31. The highest BCUT2D eigenvalue weighted by atomic mass is 32.2. The zero-order chi connectivity index (χ0) is 26.7. The number of aromatic nitrogens is 2. The molecule has 37 heavy (non-hydrogen) atoms. The first kappa shape index (κ1) is 26.5. The summed E-state index contributed by atoms with van der Waals surface area (Å²) in [5.41, 5.74) is 0.540. The fourth-order valence-corrected chi connectivity index (χ4v) is 5.71. The van der Waals surface area contributed by atoms with Crippen molar-refractivity contribution in [1.29, 1.82) is 0 Å². The van der Waals surface area contributed by atoms with Crippen molar-refractivity contribution in [1.82, 2.24) is 19.6 Å². The molecule has 0 saturated carbocycles. The first-order valence-corrected chi connectivity index (χ1v) is 12.6. The number of rotatable bonds is 8. The molecule has 1 saturated heterocycles. The molecule has 0 aliphatic carbocycles. The van der Waals surface area contributed by atoms with E-state index < -0.39 is 51.6 Å². The highest BCUT2D eigenvalue weighted by molar-refractivity contribution is 7.89. The van der Waals surface area contributed by atoms with Crippen LogP contribution in [0.25, 0.3) is 0 Å². The van der Waals surface area contributed by atoms with Crippen LogP contribution in [-0.2, 0) is 28.0 Å². The van der Waals surface area contributed by atoms with Crippen LogP contribution in [0.15, 0.2) is 59.8 Å². The van der Waals surface area contributed by atoms with Crippen molar-refractivity contribution < 1.29 is 35.5 Å². The van der Waals surface area contributed by atoms with E-state index in [1.807, 2.05) is 0 Å².